The molecule has 0 saturated heterocycles. The molecule has 6 nitrogen and oxygen atoms in total. The molecule has 15 heavy (non-hydrogen) atoms. The number of guanidine groups is 2. The zero-order chi connectivity index (χ0) is 10.8. The molecule has 0 aromatic heterocycles. The summed E-state index contributed by atoms with van der Waals surface area (Å²) in [4.78, 5) is 13.4. The van der Waals surface area contributed by atoms with Gasteiger partial charge in [0.15, 0.2) is 5.66 Å². The van der Waals surface area contributed by atoms with Crippen molar-refractivity contribution in [3.8, 4) is 0 Å². The van der Waals surface area contributed by atoms with Crippen molar-refractivity contribution in [1.29, 1.82) is 0 Å². The SMILES string of the molecule is CCCON1C(N)=NC(N)=NC1(C)C.Cl. The summed E-state index contributed by atoms with van der Waals surface area (Å²) in [6, 6.07) is 0. The molecule has 0 fully saturated rings. The molecule has 1 heterocycles. The summed E-state index contributed by atoms with van der Waals surface area (Å²) in [7, 11) is 0. The van der Waals surface area contributed by atoms with Crippen LogP contribution in [0.4, 0.5) is 0 Å². The lowest BCUT2D eigenvalue weighted by molar-refractivity contribution is -0.156. The first-order chi connectivity index (χ1) is 6.47. The largest absolute Gasteiger partial charge is 0.368 e. The summed E-state index contributed by atoms with van der Waals surface area (Å²) in [6.07, 6.45) is 0.902. The molecular weight excluding hydrogens is 218 g/mol. The van der Waals surface area contributed by atoms with Crippen LogP contribution in [-0.2, 0) is 4.84 Å². The van der Waals surface area contributed by atoms with Crippen LogP contribution in [0, 0.1) is 0 Å². The number of aliphatic imine (C=N–C) groups is 2. The fraction of sp³-hybridized carbons (Fsp3) is 0.750. The maximum absolute atomic E-state index is 5.68. The predicted octanol–water partition coefficient (Wildman–Crippen LogP) is 0.431. The van der Waals surface area contributed by atoms with Gasteiger partial charge in [-0.25, -0.2) is 4.99 Å². The van der Waals surface area contributed by atoms with Crippen molar-refractivity contribution in [2.75, 3.05) is 6.61 Å². The third-order valence-electron chi connectivity index (χ3n) is 1.75. The van der Waals surface area contributed by atoms with E-state index in [9.17, 15) is 0 Å². The molecule has 1 aliphatic heterocycles. The van der Waals surface area contributed by atoms with Crippen LogP contribution in [0.3, 0.4) is 0 Å². The van der Waals surface area contributed by atoms with E-state index in [1.54, 1.807) is 0 Å². The average Bonchev–Trinajstić information content (AvgIpc) is 2.00. The van der Waals surface area contributed by atoms with Gasteiger partial charge in [-0.2, -0.15) is 10.1 Å². The standard InChI is InChI=1S/C8H17N5O.ClH/c1-4-5-14-13-7(10)11-6(9)12-8(13,2)3;/h4-5H2,1-3H3,(H4,9,10,11,12);1H. The minimum atomic E-state index is -0.592. The molecular formula is C8H18ClN5O. The van der Waals surface area contributed by atoms with E-state index >= 15 is 0 Å². The molecule has 0 spiro atoms. The minimum absolute atomic E-state index is 0. The molecule has 0 radical (unpaired) electrons. The highest BCUT2D eigenvalue weighted by Crippen LogP contribution is 2.19. The van der Waals surface area contributed by atoms with E-state index in [2.05, 4.69) is 9.98 Å². The Labute approximate surface area is 95.7 Å². The van der Waals surface area contributed by atoms with Gasteiger partial charge in [-0.15, -0.1) is 12.4 Å². The second kappa shape index (κ2) is 5.18. The summed E-state index contributed by atoms with van der Waals surface area (Å²) < 4.78 is 0. The Morgan fingerprint density at radius 3 is 2.47 bits per heavy atom. The molecule has 0 atom stereocenters. The van der Waals surface area contributed by atoms with Gasteiger partial charge >= 0.3 is 0 Å². The molecule has 1 aliphatic rings. The molecule has 0 amide bonds. The highest BCUT2D eigenvalue weighted by atomic mass is 35.5. The van der Waals surface area contributed by atoms with Crippen LogP contribution >= 0.6 is 12.4 Å². The predicted molar refractivity (Wildman–Crippen MR) is 62.7 cm³/mol. The molecule has 7 heteroatoms. The Kier molecular flexibility index (Phi) is 4.83. The van der Waals surface area contributed by atoms with E-state index in [0.29, 0.717) is 6.61 Å². The lowest BCUT2D eigenvalue weighted by Gasteiger charge is -2.36. The normalized spacial score (nSPS) is 19.0. The van der Waals surface area contributed by atoms with Crippen molar-refractivity contribution in [1.82, 2.24) is 5.06 Å². The Bertz CT molecular complexity index is 276. The third-order valence-corrected chi connectivity index (χ3v) is 1.75. The number of hydrogen-bond donors (Lipinski definition) is 2. The Morgan fingerprint density at radius 2 is 2.00 bits per heavy atom. The molecule has 0 saturated carbocycles. The van der Waals surface area contributed by atoms with Gasteiger partial charge in [0.25, 0.3) is 0 Å². The number of nitrogens with two attached hydrogens (primary N) is 2. The van der Waals surface area contributed by atoms with Gasteiger partial charge in [-0.1, -0.05) is 6.92 Å². The van der Waals surface area contributed by atoms with E-state index in [0.717, 1.165) is 6.42 Å². The zero-order valence-corrected chi connectivity index (χ0v) is 10.0. The number of nitrogens with zero attached hydrogens (tertiary/aromatic N) is 3. The van der Waals surface area contributed by atoms with Gasteiger partial charge in [0.05, 0.1) is 6.61 Å². The van der Waals surface area contributed by atoms with Crippen LogP contribution < -0.4 is 11.5 Å². The van der Waals surface area contributed by atoms with Crippen LogP contribution in [0.2, 0.25) is 0 Å². The number of hydroxylamine groups is 2. The van der Waals surface area contributed by atoms with E-state index in [4.69, 9.17) is 16.3 Å². The lowest BCUT2D eigenvalue weighted by Crippen LogP contribution is -2.53. The van der Waals surface area contributed by atoms with Gasteiger partial charge in [0, 0.05) is 0 Å². The van der Waals surface area contributed by atoms with Crippen molar-refractivity contribution < 1.29 is 4.84 Å². The first kappa shape index (κ1) is 14.0. The fourth-order valence-corrected chi connectivity index (χ4v) is 1.20. The number of hydrogen-bond acceptors (Lipinski definition) is 6. The summed E-state index contributed by atoms with van der Waals surface area (Å²) in [5, 5.41) is 1.48. The minimum Gasteiger partial charge on any atom is -0.368 e. The first-order valence-corrected chi connectivity index (χ1v) is 4.60. The summed E-state index contributed by atoms with van der Waals surface area (Å²) in [6.45, 7) is 6.31. The van der Waals surface area contributed by atoms with Crippen molar-refractivity contribution in [2.45, 2.75) is 32.9 Å². The van der Waals surface area contributed by atoms with E-state index < -0.39 is 5.66 Å². The second-order valence-corrected chi connectivity index (χ2v) is 3.56. The van der Waals surface area contributed by atoms with Crippen LogP contribution in [0.1, 0.15) is 27.2 Å². The average molecular weight is 236 g/mol. The quantitative estimate of drug-likeness (QED) is 0.743. The highest BCUT2D eigenvalue weighted by Gasteiger charge is 2.32. The second-order valence-electron chi connectivity index (χ2n) is 3.56. The molecule has 0 aromatic rings. The lowest BCUT2D eigenvalue weighted by atomic mass is 10.2. The third kappa shape index (κ3) is 3.24. The first-order valence-electron chi connectivity index (χ1n) is 4.60. The Balaban J connectivity index is 0.00000196. The summed E-state index contributed by atoms with van der Waals surface area (Å²) in [5.74, 6) is 0.430. The molecule has 4 N–H and O–H groups in total. The topological polar surface area (TPSA) is 89.2 Å². The van der Waals surface area contributed by atoms with Crippen molar-refractivity contribution >= 4 is 24.3 Å². The number of rotatable bonds is 3. The Morgan fingerprint density at radius 1 is 1.40 bits per heavy atom. The van der Waals surface area contributed by atoms with E-state index in [-0.39, 0.29) is 24.3 Å². The van der Waals surface area contributed by atoms with E-state index in [1.165, 1.54) is 5.06 Å². The monoisotopic (exact) mass is 235 g/mol. The molecule has 0 unspecified atom stereocenters. The maximum atomic E-state index is 5.68. The van der Waals surface area contributed by atoms with Crippen molar-refractivity contribution in [3.05, 3.63) is 0 Å². The van der Waals surface area contributed by atoms with Crippen LogP contribution in [0.5, 0.6) is 0 Å². The fourth-order valence-electron chi connectivity index (χ4n) is 1.20. The molecule has 0 aromatic carbocycles. The molecule has 0 bridgehead atoms. The molecule has 88 valence electrons. The highest BCUT2D eigenvalue weighted by molar-refractivity contribution is 5.95. The summed E-state index contributed by atoms with van der Waals surface area (Å²) >= 11 is 0. The van der Waals surface area contributed by atoms with E-state index in [1.807, 2.05) is 20.8 Å². The van der Waals surface area contributed by atoms with Gasteiger partial charge in [0.2, 0.25) is 11.9 Å². The maximum Gasteiger partial charge on any atom is 0.226 e. The van der Waals surface area contributed by atoms with Gasteiger partial charge < -0.3 is 11.5 Å². The zero-order valence-electron chi connectivity index (χ0n) is 9.23. The van der Waals surface area contributed by atoms with Gasteiger partial charge in [-0.3, -0.25) is 4.84 Å². The van der Waals surface area contributed by atoms with Crippen molar-refractivity contribution in [3.63, 3.8) is 0 Å². The van der Waals surface area contributed by atoms with Gasteiger partial charge in [0.1, 0.15) is 0 Å². The molecule has 0 aliphatic carbocycles. The van der Waals surface area contributed by atoms with Crippen molar-refractivity contribution in [2.24, 2.45) is 21.5 Å². The summed E-state index contributed by atoms with van der Waals surface area (Å²) in [5.41, 5.74) is 10.6. The smallest absolute Gasteiger partial charge is 0.226 e. The molecule has 1 rings (SSSR count). The van der Waals surface area contributed by atoms with Crippen LogP contribution in [0.25, 0.3) is 0 Å². The van der Waals surface area contributed by atoms with Crippen LogP contribution in [0.15, 0.2) is 9.98 Å². The van der Waals surface area contributed by atoms with Gasteiger partial charge in [-0.05, 0) is 20.3 Å². The van der Waals surface area contributed by atoms with Crippen LogP contribution in [-0.4, -0.2) is 29.3 Å². The Hall–Kier alpha value is -1.01. The number of halogens is 1.